The molecule has 0 atom stereocenters. The number of rotatable bonds is 3. The first kappa shape index (κ1) is 10.6. The van der Waals surface area contributed by atoms with Gasteiger partial charge in [-0.25, -0.2) is 0 Å². The van der Waals surface area contributed by atoms with Crippen molar-refractivity contribution in [3.63, 3.8) is 0 Å². The Morgan fingerprint density at radius 2 is 1.86 bits per heavy atom. The molecule has 72 valence electrons. The molecule has 0 amide bonds. The second-order valence-corrected chi connectivity index (χ2v) is 3.50. The number of ketones is 1. The van der Waals surface area contributed by atoms with E-state index >= 15 is 0 Å². The maximum absolute atomic E-state index is 11.3. The molecule has 1 aromatic rings. The van der Waals surface area contributed by atoms with E-state index in [0.29, 0.717) is 5.56 Å². The molecule has 5 heteroatoms. The van der Waals surface area contributed by atoms with Gasteiger partial charge in [0.2, 0.25) is 0 Å². The molecule has 4 nitrogen and oxygen atoms in total. The highest BCUT2D eigenvalue weighted by molar-refractivity contribution is 9.12. The van der Waals surface area contributed by atoms with Crippen LogP contribution in [0.25, 0.3) is 0 Å². The first-order valence-corrected chi connectivity index (χ1v) is 4.45. The van der Waals surface area contributed by atoms with Crippen molar-refractivity contribution in [2.45, 2.75) is 0 Å². The maximum Gasteiger partial charge on any atom is 0.269 e. The molecular formula is C9H6BrNO3. The Hall–Kier alpha value is -1.49. The topological polar surface area (TPSA) is 60.2 Å². The highest BCUT2D eigenvalue weighted by Crippen LogP contribution is 2.16. The monoisotopic (exact) mass is 255 g/mol. The van der Waals surface area contributed by atoms with Crippen molar-refractivity contribution >= 4 is 27.4 Å². The SMILES string of the molecule is C=C(Br)C(=O)c1ccc([N+](=O)[O-])cc1. The summed E-state index contributed by atoms with van der Waals surface area (Å²) in [6.07, 6.45) is 0. The summed E-state index contributed by atoms with van der Waals surface area (Å²) in [5.74, 6) is -0.278. The number of carbonyl (C=O) groups is 1. The van der Waals surface area contributed by atoms with E-state index < -0.39 is 4.92 Å². The first-order chi connectivity index (χ1) is 6.52. The minimum Gasteiger partial charge on any atom is -0.288 e. The molecule has 0 aliphatic carbocycles. The van der Waals surface area contributed by atoms with Crippen LogP contribution in [-0.2, 0) is 0 Å². The number of benzene rings is 1. The lowest BCUT2D eigenvalue weighted by atomic mass is 10.1. The number of non-ortho nitro benzene ring substituents is 1. The number of allylic oxidation sites excluding steroid dienone is 1. The standard InChI is InChI=1S/C9H6BrNO3/c1-6(10)9(12)7-2-4-8(5-3-7)11(13)14/h2-5H,1H2. The Bertz CT molecular complexity index is 397. The van der Waals surface area contributed by atoms with Gasteiger partial charge in [-0.1, -0.05) is 6.58 Å². The number of nitro groups is 1. The molecule has 0 heterocycles. The summed E-state index contributed by atoms with van der Waals surface area (Å²) in [5.41, 5.74) is 0.333. The zero-order chi connectivity index (χ0) is 10.7. The summed E-state index contributed by atoms with van der Waals surface area (Å²) in [6, 6.07) is 5.35. The number of hydrogen-bond donors (Lipinski definition) is 0. The summed E-state index contributed by atoms with van der Waals surface area (Å²) in [4.78, 5) is 21.1. The van der Waals surface area contributed by atoms with Gasteiger partial charge < -0.3 is 0 Å². The molecule has 0 radical (unpaired) electrons. The van der Waals surface area contributed by atoms with E-state index in [-0.39, 0.29) is 16.0 Å². The highest BCUT2D eigenvalue weighted by Gasteiger charge is 2.10. The largest absolute Gasteiger partial charge is 0.288 e. The van der Waals surface area contributed by atoms with Crippen LogP contribution in [0.15, 0.2) is 35.3 Å². The summed E-state index contributed by atoms with van der Waals surface area (Å²) in [7, 11) is 0. The molecule has 14 heavy (non-hydrogen) atoms. The number of nitrogens with zero attached hydrogens (tertiary/aromatic N) is 1. The second-order valence-electron chi connectivity index (χ2n) is 2.54. The highest BCUT2D eigenvalue weighted by atomic mass is 79.9. The van der Waals surface area contributed by atoms with E-state index in [1.54, 1.807) is 0 Å². The molecule has 0 aromatic heterocycles. The van der Waals surface area contributed by atoms with Crippen molar-refractivity contribution in [3.05, 3.63) is 51.0 Å². The quantitative estimate of drug-likeness (QED) is 0.361. The van der Waals surface area contributed by atoms with E-state index in [4.69, 9.17) is 0 Å². The van der Waals surface area contributed by atoms with Crippen LogP contribution in [0.5, 0.6) is 0 Å². The Labute approximate surface area is 88.5 Å². The lowest BCUT2D eigenvalue weighted by Gasteiger charge is -1.97. The second kappa shape index (κ2) is 4.15. The van der Waals surface area contributed by atoms with Gasteiger partial charge >= 0.3 is 0 Å². The van der Waals surface area contributed by atoms with Crippen molar-refractivity contribution in [1.29, 1.82) is 0 Å². The number of hydrogen-bond acceptors (Lipinski definition) is 3. The van der Waals surface area contributed by atoms with Gasteiger partial charge in [-0.15, -0.1) is 0 Å². The third-order valence-corrected chi connectivity index (χ3v) is 1.95. The van der Waals surface area contributed by atoms with Crippen molar-refractivity contribution in [1.82, 2.24) is 0 Å². The molecule has 0 N–H and O–H groups in total. The van der Waals surface area contributed by atoms with Crippen molar-refractivity contribution in [3.8, 4) is 0 Å². The van der Waals surface area contributed by atoms with Gasteiger partial charge in [0.15, 0.2) is 5.78 Å². The Kier molecular flexibility index (Phi) is 3.14. The number of carbonyl (C=O) groups excluding carboxylic acids is 1. The molecule has 0 saturated heterocycles. The number of halogens is 1. The van der Waals surface area contributed by atoms with Crippen molar-refractivity contribution in [2.24, 2.45) is 0 Å². The average molecular weight is 256 g/mol. The molecule has 0 fully saturated rings. The van der Waals surface area contributed by atoms with Gasteiger partial charge in [0.1, 0.15) is 0 Å². The predicted octanol–water partition coefficient (Wildman–Crippen LogP) is 2.69. The van der Waals surface area contributed by atoms with Gasteiger partial charge in [0, 0.05) is 17.7 Å². The van der Waals surface area contributed by atoms with Crippen molar-refractivity contribution < 1.29 is 9.72 Å². The molecule has 0 bridgehead atoms. The average Bonchev–Trinajstić information content (AvgIpc) is 2.16. The van der Waals surface area contributed by atoms with Crippen LogP contribution in [0.1, 0.15) is 10.4 Å². The third kappa shape index (κ3) is 2.26. The van der Waals surface area contributed by atoms with Gasteiger partial charge in [0.05, 0.1) is 9.41 Å². The van der Waals surface area contributed by atoms with Crippen LogP contribution in [0.2, 0.25) is 0 Å². The van der Waals surface area contributed by atoms with Crippen LogP contribution >= 0.6 is 15.9 Å². The first-order valence-electron chi connectivity index (χ1n) is 3.66. The maximum atomic E-state index is 11.3. The molecular weight excluding hydrogens is 250 g/mol. The van der Waals surface area contributed by atoms with E-state index in [1.165, 1.54) is 24.3 Å². The number of nitro benzene ring substituents is 1. The van der Waals surface area contributed by atoms with E-state index in [1.807, 2.05) is 0 Å². The van der Waals surface area contributed by atoms with Crippen LogP contribution < -0.4 is 0 Å². The van der Waals surface area contributed by atoms with Gasteiger partial charge in [-0.2, -0.15) is 0 Å². The Morgan fingerprint density at radius 1 is 1.36 bits per heavy atom. The van der Waals surface area contributed by atoms with E-state index in [9.17, 15) is 14.9 Å². The molecule has 0 aliphatic heterocycles. The summed E-state index contributed by atoms with van der Waals surface area (Å²) in [5, 5.41) is 10.3. The summed E-state index contributed by atoms with van der Waals surface area (Å²) < 4.78 is 0.228. The lowest BCUT2D eigenvalue weighted by Crippen LogP contribution is -1.97. The minimum absolute atomic E-state index is 0.0401. The summed E-state index contributed by atoms with van der Waals surface area (Å²) in [6.45, 7) is 3.42. The predicted molar refractivity (Wildman–Crippen MR) is 55.5 cm³/mol. The molecule has 1 rings (SSSR count). The minimum atomic E-state index is -0.517. The van der Waals surface area contributed by atoms with Gasteiger partial charge in [0.25, 0.3) is 5.69 Å². The lowest BCUT2D eigenvalue weighted by molar-refractivity contribution is -0.384. The molecule has 1 aromatic carbocycles. The molecule has 0 saturated carbocycles. The van der Waals surface area contributed by atoms with Crippen LogP contribution in [-0.4, -0.2) is 10.7 Å². The normalized spacial score (nSPS) is 9.50. The smallest absolute Gasteiger partial charge is 0.269 e. The molecule has 0 spiro atoms. The number of Topliss-reactive ketones (excluding diaryl/α,β-unsaturated/α-hetero) is 1. The zero-order valence-electron chi connectivity index (χ0n) is 7.07. The molecule has 0 aliphatic rings. The Balaban J connectivity index is 3.00. The van der Waals surface area contributed by atoms with Gasteiger partial charge in [-0.05, 0) is 28.1 Å². The van der Waals surface area contributed by atoms with Crippen molar-refractivity contribution in [2.75, 3.05) is 0 Å². The van der Waals surface area contributed by atoms with Gasteiger partial charge in [-0.3, -0.25) is 14.9 Å². The fourth-order valence-electron chi connectivity index (χ4n) is 0.891. The Morgan fingerprint density at radius 3 is 2.21 bits per heavy atom. The van der Waals surface area contributed by atoms with E-state index in [0.717, 1.165) is 0 Å². The van der Waals surface area contributed by atoms with Crippen LogP contribution in [0, 0.1) is 10.1 Å². The fraction of sp³-hybridized carbons (Fsp3) is 0. The van der Waals surface area contributed by atoms with E-state index in [2.05, 4.69) is 22.5 Å². The zero-order valence-corrected chi connectivity index (χ0v) is 8.65. The van der Waals surface area contributed by atoms with Crippen LogP contribution in [0.4, 0.5) is 5.69 Å². The van der Waals surface area contributed by atoms with Crippen LogP contribution in [0.3, 0.4) is 0 Å². The third-order valence-electron chi connectivity index (χ3n) is 1.59. The molecule has 0 unspecified atom stereocenters. The fourth-order valence-corrected chi connectivity index (χ4v) is 1.12. The summed E-state index contributed by atoms with van der Waals surface area (Å²) >= 11 is 2.95.